The molecule has 2 aliphatic rings. The molecule has 0 bridgehead atoms. The number of amides is 1. The lowest BCUT2D eigenvalue weighted by molar-refractivity contribution is -0.126. The van der Waals surface area contributed by atoms with Gasteiger partial charge in [-0.25, -0.2) is 5.26 Å². The number of nitrogen functional groups attached to an aromatic ring is 1. The average Bonchev–Trinajstić information content (AvgIpc) is 2.87. The van der Waals surface area contributed by atoms with Gasteiger partial charge in [0.25, 0.3) is 6.71 Å². The van der Waals surface area contributed by atoms with Crippen molar-refractivity contribution in [1.82, 2.24) is 4.98 Å². The Balaban J connectivity index is 0.000000847. The normalized spacial score (nSPS) is 19.6. The highest BCUT2D eigenvalue weighted by atomic mass is 16.2. The fourth-order valence-corrected chi connectivity index (χ4v) is 3.42. The van der Waals surface area contributed by atoms with Crippen LogP contribution in [0.4, 0.5) is 11.4 Å². The Hall–Kier alpha value is -2.03. The summed E-state index contributed by atoms with van der Waals surface area (Å²) in [5.41, 5.74) is 6.85. The molecule has 1 amide bonds. The summed E-state index contributed by atoms with van der Waals surface area (Å²) in [5.74, 6) is 2.51. The van der Waals surface area contributed by atoms with Crippen LogP contribution in [0.1, 0.15) is 33.1 Å². The van der Waals surface area contributed by atoms with Gasteiger partial charge in [0.05, 0.1) is 23.0 Å². The van der Waals surface area contributed by atoms with Crippen LogP contribution in [-0.4, -0.2) is 24.1 Å². The molecule has 0 radical (unpaired) electrons. The van der Waals surface area contributed by atoms with Crippen molar-refractivity contribution in [3.05, 3.63) is 18.5 Å². The fraction of sp³-hybridized carbons (Fsp3) is 0.562. The van der Waals surface area contributed by atoms with Crippen LogP contribution in [0.25, 0.3) is 0 Å². The molecule has 22 heavy (non-hydrogen) atoms. The zero-order chi connectivity index (χ0) is 16.2. The Morgan fingerprint density at radius 3 is 2.59 bits per heavy atom. The minimum absolute atomic E-state index is 0.122. The molecule has 1 aromatic heterocycles. The zero-order valence-corrected chi connectivity index (χ0v) is 13.4. The van der Waals surface area contributed by atoms with Crippen molar-refractivity contribution < 1.29 is 4.79 Å². The number of anilines is 2. The summed E-state index contributed by atoms with van der Waals surface area (Å²) in [4.78, 5) is 18.6. The van der Waals surface area contributed by atoms with Crippen molar-refractivity contribution in [3.63, 3.8) is 0 Å². The molecule has 6 heteroatoms. The lowest BCUT2D eigenvalue weighted by Gasteiger charge is -2.32. The van der Waals surface area contributed by atoms with Crippen LogP contribution < -0.4 is 10.6 Å². The van der Waals surface area contributed by atoms with E-state index in [1.807, 2.05) is 13.8 Å². The molecule has 0 atom stereocenters. The van der Waals surface area contributed by atoms with E-state index >= 15 is 0 Å². The quantitative estimate of drug-likeness (QED) is 0.808. The van der Waals surface area contributed by atoms with E-state index < -0.39 is 0 Å². The number of pyridine rings is 1. The minimum Gasteiger partial charge on any atom is -0.397 e. The monoisotopic (exact) mass is 298 g/mol. The van der Waals surface area contributed by atoms with Gasteiger partial charge in [0, 0.05) is 18.7 Å². The maximum Gasteiger partial charge on any atom is 0.267 e. The summed E-state index contributed by atoms with van der Waals surface area (Å²) >= 11 is 0. The first-order valence-corrected chi connectivity index (χ1v) is 8.07. The molecule has 0 aromatic carbocycles. The summed E-state index contributed by atoms with van der Waals surface area (Å²) < 4.78 is 0. The van der Waals surface area contributed by atoms with Gasteiger partial charge in [0.2, 0.25) is 5.91 Å². The number of nitrogens with zero attached hydrogens (tertiary/aromatic N) is 3. The van der Waals surface area contributed by atoms with Gasteiger partial charge < -0.3 is 10.6 Å². The Labute approximate surface area is 132 Å². The van der Waals surface area contributed by atoms with Crippen molar-refractivity contribution in [1.29, 1.82) is 5.26 Å². The number of carbonyl (C=O) groups excluding carboxylic acids is 1. The molecule has 0 unspecified atom stereocenters. The molecule has 2 aliphatic heterocycles. The summed E-state index contributed by atoms with van der Waals surface area (Å²) in [6.45, 7) is 4.85. The molecule has 5 nitrogen and oxygen atoms in total. The maximum absolute atomic E-state index is 12.8. The molecule has 3 rings (SSSR count). The van der Waals surface area contributed by atoms with Gasteiger partial charge in [-0.1, -0.05) is 26.5 Å². The number of hydrogen-bond acceptors (Lipinski definition) is 4. The van der Waals surface area contributed by atoms with Crippen molar-refractivity contribution >= 4 is 24.0 Å². The van der Waals surface area contributed by atoms with Crippen LogP contribution in [0.3, 0.4) is 0 Å². The summed E-state index contributed by atoms with van der Waals surface area (Å²) in [6, 6.07) is 1.80. The molecular formula is C16H23BN4O. The van der Waals surface area contributed by atoms with Crippen LogP contribution in [-0.2, 0) is 4.79 Å². The second-order valence-electron chi connectivity index (χ2n) is 5.87. The SMILES string of the molecule is CC.N#CB1CCC2(CC1)CCN(c1cncc(N)c1)C2=O. The van der Waals surface area contributed by atoms with Crippen molar-refractivity contribution in [2.24, 2.45) is 5.41 Å². The molecule has 1 spiro atoms. The largest absolute Gasteiger partial charge is 0.397 e. The van der Waals surface area contributed by atoms with E-state index in [0.717, 1.165) is 44.1 Å². The third-order valence-corrected chi connectivity index (χ3v) is 4.69. The topological polar surface area (TPSA) is 83.0 Å². The van der Waals surface area contributed by atoms with E-state index in [1.54, 1.807) is 23.4 Å². The highest BCUT2D eigenvalue weighted by Gasteiger charge is 2.49. The molecular weight excluding hydrogens is 275 g/mol. The van der Waals surface area contributed by atoms with Crippen LogP contribution in [0.5, 0.6) is 0 Å². The number of carbonyl (C=O) groups is 1. The molecule has 2 fully saturated rings. The second kappa shape index (κ2) is 6.82. The minimum atomic E-state index is -0.252. The lowest BCUT2D eigenvalue weighted by atomic mass is 9.39. The average molecular weight is 298 g/mol. The maximum atomic E-state index is 12.8. The Morgan fingerprint density at radius 1 is 1.32 bits per heavy atom. The van der Waals surface area contributed by atoms with E-state index in [0.29, 0.717) is 5.69 Å². The van der Waals surface area contributed by atoms with E-state index in [1.165, 1.54) is 0 Å². The van der Waals surface area contributed by atoms with Gasteiger partial charge in [-0.15, -0.1) is 0 Å². The van der Waals surface area contributed by atoms with Gasteiger partial charge in [0.1, 0.15) is 0 Å². The van der Waals surface area contributed by atoms with E-state index in [4.69, 9.17) is 11.0 Å². The molecule has 2 saturated heterocycles. The number of nitrogens with two attached hydrogens (primary N) is 1. The van der Waals surface area contributed by atoms with Crippen LogP contribution in [0.2, 0.25) is 12.6 Å². The standard InChI is InChI=1S/C14H17BN4O.C2H6/c16-10-15-4-1-14(2-5-15)3-6-19(13(14)20)12-7-11(17)8-18-9-12;1-2/h7-9H,1-6,17H2;1-2H3. The Bertz CT molecular complexity index is 576. The first-order chi connectivity index (χ1) is 10.6. The predicted molar refractivity (Wildman–Crippen MR) is 89.6 cm³/mol. The molecule has 0 aliphatic carbocycles. The summed E-state index contributed by atoms with van der Waals surface area (Å²) in [5, 5.41) is 8.98. The van der Waals surface area contributed by atoms with Crippen molar-refractivity contribution in [2.45, 2.75) is 45.8 Å². The van der Waals surface area contributed by atoms with Gasteiger partial charge in [-0.05, 0) is 25.3 Å². The van der Waals surface area contributed by atoms with Crippen molar-refractivity contribution in [2.75, 3.05) is 17.2 Å². The first kappa shape index (κ1) is 16.3. The molecule has 2 N–H and O–H groups in total. The highest BCUT2D eigenvalue weighted by molar-refractivity contribution is 6.67. The summed E-state index contributed by atoms with van der Waals surface area (Å²) in [7, 11) is 0. The fourth-order valence-electron chi connectivity index (χ4n) is 3.42. The zero-order valence-electron chi connectivity index (χ0n) is 13.4. The second-order valence-corrected chi connectivity index (χ2v) is 5.87. The van der Waals surface area contributed by atoms with Crippen LogP contribution in [0.15, 0.2) is 18.5 Å². The number of aromatic nitrogens is 1. The van der Waals surface area contributed by atoms with E-state index in [9.17, 15) is 4.79 Å². The van der Waals surface area contributed by atoms with Gasteiger partial charge in [-0.2, -0.15) is 0 Å². The van der Waals surface area contributed by atoms with Crippen LogP contribution in [0, 0.1) is 16.6 Å². The number of hydrogen-bond donors (Lipinski definition) is 1. The predicted octanol–water partition coefficient (Wildman–Crippen LogP) is 2.76. The number of rotatable bonds is 1. The Morgan fingerprint density at radius 2 is 2.00 bits per heavy atom. The van der Waals surface area contributed by atoms with E-state index in [2.05, 4.69) is 11.0 Å². The van der Waals surface area contributed by atoms with Gasteiger partial charge >= 0.3 is 0 Å². The van der Waals surface area contributed by atoms with Gasteiger partial charge in [-0.3, -0.25) is 9.78 Å². The van der Waals surface area contributed by atoms with Crippen molar-refractivity contribution in [3.8, 4) is 5.97 Å². The molecule has 1 aromatic rings. The highest BCUT2D eigenvalue weighted by Crippen LogP contribution is 2.46. The first-order valence-electron chi connectivity index (χ1n) is 8.07. The molecule has 3 heterocycles. The smallest absolute Gasteiger partial charge is 0.267 e. The Kier molecular flexibility index (Phi) is 5.07. The van der Waals surface area contributed by atoms with Crippen LogP contribution >= 0.6 is 0 Å². The lowest BCUT2D eigenvalue weighted by Crippen LogP contribution is -2.38. The third kappa shape index (κ3) is 2.94. The molecule has 116 valence electrons. The molecule has 0 saturated carbocycles. The summed E-state index contributed by atoms with van der Waals surface area (Å²) in [6.07, 6.45) is 7.48. The van der Waals surface area contributed by atoms with Gasteiger partial charge in [0.15, 0.2) is 0 Å². The number of nitriles is 1. The third-order valence-electron chi connectivity index (χ3n) is 4.69. The van der Waals surface area contributed by atoms with E-state index in [-0.39, 0.29) is 18.0 Å².